The molecule has 0 fully saturated rings. The Morgan fingerprint density at radius 2 is 2.05 bits per heavy atom. The van der Waals surface area contributed by atoms with Gasteiger partial charge in [-0.3, -0.25) is 4.79 Å². The van der Waals surface area contributed by atoms with Crippen LogP contribution in [0, 0.1) is 5.92 Å². The third-order valence-corrected chi connectivity index (χ3v) is 3.46. The van der Waals surface area contributed by atoms with Crippen LogP contribution in [-0.4, -0.2) is 30.5 Å². The fraction of sp³-hybridized carbons (Fsp3) is 0.562. The average molecular weight is 278 g/mol. The summed E-state index contributed by atoms with van der Waals surface area (Å²) in [6.07, 6.45) is 1.47. The summed E-state index contributed by atoms with van der Waals surface area (Å²) in [6, 6.07) is 7.34. The summed E-state index contributed by atoms with van der Waals surface area (Å²) in [5.41, 5.74) is 6.39. The highest BCUT2D eigenvalue weighted by Crippen LogP contribution is 2.19. The molecule has 0 spiro atoms. The summed E-state index contributed by atoms with van der Waals surface area (Å²) >= 11 is 0. The van der Waals surface area contributed by atoms with Crippen molar-refractivity contribution in [1.82, 2.24) is 4.90 Å². The van der Waals surface area contributed by atoms with Crippen molar-refractivity contribution in [2.45, 2.75) is 33.6 Å². The summed E-state index contributed by atoms with van der Waals surface area (Å²) in [4.78, 5) is 14.0. The van der Waals surface area contributed by atoms with Crippen LogP contribution >= 0.6 is 0 Å². The number of benzene rings is 1. The van der Waals surface area contributed by atoms with Crippen LogP contribution in [0.4, 0.5) is 5.69 Å². The van der Waals surface area contributed by atoms with Gasteiger partial charge in [-0.2, -0.15) is 0 Å². The Morgan fingerprint density at radius 3 is 2.65 bits per heavy atom. The molecule has 0 aliphatic rings. The normalized spacial score (nSPS) is 11.9. The van der Waals surface area contributed by atoms with Crippen LogP contribution in [0.1, 0.15) is 33.6 Å². The molecule has 1 atom stereocenters. The molecule has 1 unspecified atom stereocenters. The molecule has 0 radical (unpaired) electrons. The maximum Gasteiger partial charge on any atom is 0.225 e. The molecule has 1 rings (SSSR count). The van der Waals surface area contributed by atoms with Crippen LogP contribution < -0.4 is 10.5 Å². The summed E-state index contributed by atoms with van der Waals surface area (Å²) < 4.78 is 5.56. The van der Waals surface area contributed by atoms with Crippen LogP contribution in [0.2, 0.25) is 0 Å². The van der Waals surface area contributed by atoms with E-state index in [4.69, 9.17) is 10.5 Å². The Labute approximate surface area is 121 Å². The molecule has 0 heterocycles. The lowest BCUT2D eigenvalue weighted by Crippen LogP contribution is -2.35. The first kappa shape index (κ1) is 16.3. The number of hydrogen-bond donors (Lipinski definition) is 1. The second kappa shape index (κ2) is 8.46. The minimum Gasteiger partial charge on any atom is -0.491 e. The van der Waals surface area contributed by atoms with Gasteiger partial charge >= 0.3 is 0 Å². The zero-order valence-electron chi connectivity index (χ0n) is 12.8. The van der Waals surface area contributed by atoms with Crippen LogP contribution in [-0.2, 0) is 4.79 Å². The lowest BCUT2D eigenvalue weighted by molar-refractivity contribution is -0.132. The number of para-hydroxylation sites is 2. The topological polar surface area (TPSA) is 55.6 Å². The minimum atomic E-state index is 0.141. The number of hydrogen-bond acceptors (Lipinski definition) is 3. The van der Waals surface area contributed by atoms with E-state index in [1.54, 1.807) is 6.07 Å². The Balaban J connectivity index is 2.40. The van der Waals surface area contributed by atoms with E-state index in [0.29, 0.717) is 30.4 Å². The van der Waals surface area contributed by atoms with Crippen molar-refractivity contribution in [2.75, 3.05) is 25.4 Å². The molecule has 0 aromatic heterocycles. The number of carbonyl (C=O) groups excluding carboxylic acids is 1. The van der Waals surface area contributed by atoms with Gasteiger partial charge in [-0.25, -0.2) is 0 Å². The van der Waals surface area contributed by atoms with Crippen molar-refractivity contribution in [3.05, 3.63) is 24.3 Å². The molecule has 4 nitrogen and oxygen atoms in total. The second-order valence-electron chi connectivity index (χ2n) is 5.08. The summed E-state index contributed by atoms with van der Waals surface area (Å²) in [6.45, 7) is 8.25. The van der Waals surface area contributed by atoms with Crippen molar-refractivity contribution in [3.8, 4) is 5.75 Å². The van der Waals surface area contributed by atoms with E-state index < -0.39 is 0 Å². The third-order valence-electron chi connectivity index (χ3n) is 3.46. The predicted octanol–water partition coefficient (Wildman–Crippen LogP) is 2.93. The van der Waals surface area contributed by atoms with Gasteiger partial charge < -0.3 is 15.4 Å². The van der Waals surface area contributed by atoms with Gasteiger partial charge in [0.2, 0.25) is 5.91 Å². The number of carbonyl (C=O) groups is 1. The van der Waals surface area contributed by atoms with E-state index in [2.05, 4.69) is 13.8 Å². The first-order valence-electron chi connectivity index (χ1n) is 7.33. The second-order valence-corrected chi connectivity index (χ2v) is 5.08. The highest BCUT2D eigenvalue weighted by atomic mass is 16.5. The highest BCUT2D eigenvalue weighted by molar-refractivity contribution is 5.76. The number of nitrogen functional groups attached to an aromatic ring is 1. The highest BCUT2D eigenvalue weighted by Gasteiger charge is 2.14. The van der Waals surface area contributed by atoms with Gasteiger partial charge in [0.25, 0.3) is 0 Å². The first-order chi connectivity index (χ1) is 9.58. The number of nitrogens with two attached hydrogens (primary N) is 1. The number of amides is 1. The lowest BCUT2D eigenvalue weighted by atomic mass is 10.1. The van der Waals surface area contributed by atoms with Gasteiger partial charge in [0.05, 0.1) is 18.7 Å². The maximum atomic E-state index is 12.1. The molecular weight excluding hydrogens is 252 g/mol. The van der Waals surface area contributed by atoms with Crippen molar-refractivity contribution < 1.29 is 9.53 Å². The average Bonchev–Trinajstić information content (AvgIpc) is 2.46. The zero-order chi connectivity index (χ0) is 15.0. The minimum absolute atomic E-state index is 0.141. The predicted molar refractivity (Wildman–Crippen MR) is 82.7 cm³/mol. The van der Waals surface area contributed by atoms with Crippen molar-refractivity contribution in [2.24, 2.45) is 5.92 Å². The molecule has 1 amide bonds. The molecule has 0 bridgehead atoms. The Hall–Kier alpha value is -1.71. The monoisotopic (exact) mass is 278 g/mol. The summed E-state index contributed by atoms with van der Waals surface area (Å²) in [5, 5.41) is 0. The van der Waals surface area contributed by atoms with Gasteiger partial charge in [-0.1, -0.05) is 32.4 Å². The quantitative estimate of drug-likeness (QED) is 0.744. The molecule has 0 saturated heterocycles. The number of nitrogens with zero attached hydrogens (tertiary/aromatic N) is 1. The third kappa shape index (κ3) is 5.11. The van der Waals surface area contributed by atoms with E-state index in [-0.39, 0.29) is 5.91 Å². The molecule has 1 aromatic carbocycles. The molecule has 2 N–H and O–H groups in total. The lowest BCUT2D eigenvalue weighted by Gasteiger charge is -2.24. The molecule has 4 heteroatoms. The van der Waals surface area contributed by atoms with Gasteiger partial charge in [-0.15, -0.1) is 0 Å². The maximum absolute atomic E-state index is 12.1. The number of anilines is 1. The zero-order valence-corrected chi connectivity index (χ0v) is 12.8. The van der Waals surface area contributed by atoms with E-state index in [1.165, 1.54) is 0 Å². The van der Waals surface area contributed by atoms with E-state index >= 15 is 0 Å². The summed E-state index contributed by atoms with van der Waals surface area (Å²) in [7, 11) is 0. The fourth-order valence-electron chi connectivity index (χ4n) is 1.93. The molecule has 1 aromatic rings. The van der Waals surface area contributed by atoms with Crippen LogP contribution in [0.25, 0.3) is 0 Å². The van der Waals surface area contributed by atoms with Crippen molar-refractivity contribution in [3.63, 3.8) is 0 Å². The van der Waals surface area contributed by atoms with E-state index in [1.807, 2.05) is 30.0 Å². The molecule has 0 aliphatic carbocycles. The van der Waals surface area contributed by atoms with Gasteiger partial charge in [-0.05, 0) is 25.0 Å². The molecular formula is C16H26N2O2. The first-order valence-corrected chi connectivity index (χ1v) is 7.33. The van der Waals surface area contributed by atoms with Crippen LogP contribution in [0.15, 0.2) is 24.3 Å². The Morgan fingerprint density at radius 1 is 1.35 bits per heavy atom. The van der Waals surface area contributed by atoms with Gasteiger partial charge in [0.1, 0.15) is 5.75 Å². The van der Waals surface area contributed by atoms with Crippen molar-refractivity contribution >= 4 is 11.6 Å². The molecule has 0 aliphatic heterocycles. The van der Waals surface area contributed by atoms with Gasteiger partial charge in [0, 0.05) is 13.1 Å². The Kier molecular flexibility index (Phi) is 6.91. The van der Waals surface area contributed by atoms with Crippen LogP contribution in [0.5, 0.6) is 5.75 Å². The largest absolute Gasteiger partial charge is 0.491 e. The molecule has 0 saturated carbocycles. The standard InChI is InChI=1S/C16H26N2O2/c1-4-13(3)12-18(5-2)16(19)10-11-20-15-9-7-6-8-14(15)17/h6-9,13H,4-5,10-12,17H2,1-3H3. The van der Waals surface area contributed by atoms with Gasteiger partial charge in [0.15, 0.2) is 0 Å². The summed E-state index contributed by atoms with van der Waals surface area (Å²) in [5.74, 6) is 1.32. The number of ether oxygens (including phenoxy) is 1. The smallest absolute Gasteiger partial charge is 0.225 e. The SMILES string of the molecule is CCC(C)CN(CC)C(=O)CCOc1ccccc1N. The fourth-order valence-corrected chi connectivity index (χ4v) is 1.93. The molecule has 112 valence electrons. The Bertz CT molecular complexity index is 421. The van der Waals surface area contributed by atoms with Crippen LogP contribution in [0.3, 0.4) is 0 Å². The van der Waals surface area contributed by atoms with E-state index in [0.717, 1.165) is 19.5 Å². The van der Waals surface area contributed by atoms with Crippen molar-refractivity contribution in [1.29, 1.82) is 0 Å². The van der Waals surface area contributed by atoms with E-state index in [9.17, 15) is 4.79 Å². The molecule has 20 heavy (non-hydrogen) atoms. The number of rotatable bonds is 8.